The number of likely N-dealkylation sites (tertiary alicyclic amines) is 2. The number of piperidine rings is 1. The molecule has 0 radical (unpaired) electrons. The van der Waals surface area contributed by atoms with E-state index in [1.165, 1.54) is 43.0 Å². The SMILES string of the molecule is Cc1nnc(CN2CC(C)(C)C2C2CCN(Cc3ccccc3)CC2)s1. The fourth-order valence-electron chi connectivity index (χ4n) is 5.03. The Balaban J connectivity index is 1.34. The molecule has 5 heteroatoms. The van der Waals surface area contributed by atoms with Crippen LogP contribution in [0.3, 0.4) is 0 Å². The summed E-state index contributed by atoms with van der Waals surface area (Å²) in [6, 6.07) is 11.6. The average Bonchev–Trinajstić information content (AvgIpc) is 3.02. The van der Waals surface area contributed by atoms with Crippen LogP contribution in [0.1, 0.15) is 42.3 Å². The maximum atomic E-state index is 4.34. The summed E-state index contributed by atoms with van der Waals surface area (Å²) in [6.07, 6.45) is 2.62. The van der Waals surface area contributed by atoms with E-state index in [1.54, 1.807) is 11.3 Å². The fourth-order valence-corrected chi connectivity index (χ4v) is 5.77. The second-order valence-electron chi connectivity index (χ2n) is 8.65. The predicted octanol–water partition coefficient (Wildman–Crippen LogP) is 3.97. The first-order valence-corrected chi connectivity index (χ1v) is 10.6. The Kier molecular flexibility index (Phi) is 5.13. The maximum absolute atomic E-state index is 4.34. The molecule has 26 heavy (non-hydrogen) atoms. The van der Waals surface area contributed by atoms with Gasteiger partial charge in [-0.1, -0.05) is 44.2 Å². The lowest BCUT2D eigenvalue weighted by Crippen LogP contribution is -2.65. The van der Waals surface area contributed by atoms with Crippen LogP contribution in [0.4, 0.5) is 0 Å². The Morgan fingerprint density at radius 3 is 2.42 bits per heavy atom. The van der Waals surface area contributed by atoms with Crippen molar-refractivity contribution in [2.75, 3.05) is 19.6 Å². The molecule has 0 spiro atoms. The molecule has 4 nitrogen and oxygen atoms in total. The van der Waals surface area contributed by atoms with E-state index in [-0.39, 0.29) is 0 Å². The molecule has 0 bridgehead atoms. The van der Waals surface area contributed by atoms with Crippen molar-refractivity contribution in [2.45, 2.75) is 52.7 Å². The molecule has 1 atom stereocenters. The van der Waals surface area contributed by atoms with E-state index in [0.717, 1.165) is 24.0 Å². The van der Waals surface area contributed by atoms with Crippen molar-refractivity contribution in [1.82, 2.24) is 20.0 Å². The Morgan fingerprint density at radius 1 is 1.08 bits per heavy atom. The topological polar surface area (TPSA) is 32.3 Å². The summed E-state index contributed by atoms with van der Waals surface area (Å²) in [6.45, 7) is 12.6. The first kappa shape index (κ1) is 18.1. The van der Waals surface area contributed by atoms with Crippen LogP contribution in [0.2, 0.25) is 0 Å². The minimum atomic E-state index is 0.423. The van der Waals surface area contributed by atoms with Crippen molar-refractivity contribution in [1.29, 1.82) is 0 Å². The zero-order valence-electron chi connectivity index (χ0n) is 16.2. The van der Waals surface area contributed by atoms with Crippen LogP contribution in [0.5, 0.6) is 0 Å². The van der Waals surface area contributed by atoms with Gasteiger partial charge in [0.1, 0.15) is 10.0 Å². The van der Waals surface area contributed by atoms with Crippen molar-refractivity contribution in [3.8, 4) is 0 Å². The standard InChI is InChI=1S/C21H30N4S/c1-16-22-23-19(26-16)14-25-15-21(2,3)20(25)18-9-11-24(12-10-18)13-17-7-5-4-6-8-17/h4-8,18,20H,9-15H2,1-3H3. The molecule has 0 N–H and O–H groups in total. The molecular formula is C21H30N4S. The van der Waals surface area contributed by atoms with E-state index in [4.69, 9.17) is 0 Å². The molecule has 2 saturated heterocycles. The minimum absolute atomic E-state index is 0.423. The van der Waals surface area contributed by atoms with Crippen LogP contribution in [-0.4, -0.2) is 45.7 Å². The Morgan fingerprint density at radius 2 is 1.81 bits per heavy atom. The third-order valence-electron chi connectivity index (χ3n) is 6.04. The highest BCUT2D eigenvalue weighted by Gasteiger charge is 2.49. The van der Waals surface area contributed by atoms with E-state index in [9.17, 15) is 0 Å². The van der Waals surface area contributed by atoms with Gasteiger partial charge in [0.15, 0.2) is 0 Å². The summed E-state index contributed by atoms with van der Waals surface area (Å²) in [4.78, 5) is 5.27. The maximum Gasteiger partial charge on any atom is 0.131 e. The monoisotopic (exact) mass is 370 g/mol. The van der Waals surface area contributed by atoms with Crippen molar-refractivity contribution in [2.24, 2.45) is 11.3 Å². The normalized spacial score (nSPS) is 24.5. The van der Waals surface area contributed by atoms with Crippen LogP contribution in [0.15, 0.2) is 30.3 Å². The number of aromatic nitrogens is 2. The summed E-state index contributed by atoms with van der Waals surface area (Å²) < 4.78 is 0. The van der Waals surface area contributed by atoms with Gasteiger partial charge in [-0.15, -0.1) is 21.5 Å². The molecule has 2 aromatic rings. The highest BCUT2D eigenvalue weighted by molar-refractivity contribution is 7.11. The second-order valence-corrected chi connectivity index (χ2v) is 9.92. The van der Waals surface area contributed by atoms with Gasteiger partial charge in [-0.25, -0.2) is 0 Å². The number of rotatable bonds is 5. The Hall–Kier alpha value is -1.30. The van der Waals surface area contributed by atoms with Crippen LogP contribution < -0.4 is 0 Å². The molecule has 0 aliphatic carbocycles. The molecule has 0 saturated carbocycles. The lowest BCUT2D eigenvalue weighted by molar-refractivity contribution is -0.0998. The van der Waals surface area contributed by atoms with Gasteiger partial charge in [-0.05, 0) is 49.8 Å². The molecular weight excluding hydrogens is 340 g/mol. The van der Waals surface area contributed by atoms with Gasteiger partial charge in [-0.3, -0.25) is 9.80 Å². The number of nitrogens with zero attached hydrogens (tertiary/aromatic N) is 4. The Bertz CT molecular complexity index is 719. The Labute approximate surface area is 161 Å². The molecule has 0 amide bonds. The van der Waals surface area contributed by atoms with E-state index in [1.807, 2.05) is 6.92 Å². The third kappa shape index (κ3) is 3.85. The summed E-state index contributed by atoms with van der Waals surface area (Å²) >= 11 is 1.74. The first-order valence-electron chi connectivity index (χ1n) is 9.80. The average molecular weight is 371 g/mol. The third-order valence-corrected chi connectivity index (χ3v) is 6.86. The first-order chi connectivity index (χ1) is 12.5. The molecule has 1 aromatic carbocycles. The molecule has 4 rings (SSSR count). The highest BCUT2D eigenvalue weighted by Crippen LogP contribution is 2.45. The van der Waals surface area contributed by atoms with Gasteiger partial charge < -0.3 is 0 Å². The van der Waals surface area contributed by atoms with E-state index in [0.29, 0.717) is 11.5 Å². The van der Waals surface area contributed by atoms with Gasteiger partial charge in [0.2, 0.25) is 0 Å². The lowest BCUT2D eigenvalue weighted by atomic mass is 9.66. The highest BCUT2D eigenvalue weighted by atomic mass is 32.1. The van der Waals surface area contributed by atoms with Crippen LogP contribution in [0.25, 0.3) is 0 Å². The van der Waals surface area contributed by atoms with Crippen molar-refractivity contribution < 1.29 is 0 Å². The molecule has 3 heterocycles. The van der Waals surface area contributed by atoms with Crippen molar-refractivity contribution >= 4 is 11.3 Å². The van der Waals surface area contributed by atoms with Crippen LogP contribution in [0, 0.1) is 18.3 Å². The quantitative estimate of drug-likeness (QED) is 0.797. The summed E-state index contributed by atoms with van der Waals surface area (Å²) in [7, 11) is 0. The van der Waals surface area contributed by atoms with E-state index < -0.39 is 0 Å². The minimum Gasteiger partial charge on any atom is -0.299 e. The second kappa shape index (κ2) is 7.37. The fraction of sp³-hybridized carbons (Fsp3) is 0.619. The molecule has 2 fully saturated rings. The van der Waals surface area contributed by atoms with Crippen LogP contribution in [-0.2, 0) is 13.1 Å². The number of aryl methyl sites for hydroxylation is 1. The number of benzene rings is 1. The van der Waals surface area contributed by atoms with Gasteiger partial charge in [0, 0.05) is 19.1 Å². The largest absolute Gasteiger partial charge is 0.299 e. The zero-order chi connectivity index (χ0) is 18.1. The van der Waals surface area contributed by atoms with Gasteiger partial charge in [0.25, 0.3) is 0 Å². The summed E-state index contributed by atoms with van der Waals surface area (Å²) in [5, 5.41) is 10.8. The lowest BCUT2D eigenvalue weighted by Gasteiger charge is -2.58. The van der Waals surface area contributed by atoms with E-state index in [2.05, 4.69) is 64.2 Å². The summed E-state index contributed by atoms with van der Waals surface area (Å²) in [5.74, 6) is 0.805. The molecule has 2 aliphatic heterocycles. The van der Waals surface area contributed by atoms with Crippen molar-refractivity contribution in [3.63, 3.8) is 0 Å². The number of hydrogen-bond donors (Lipinski definition) is 0. The molecule has 140 valence electrons. The summed E-state index contributed by atoms with van der Waals surface area (Å²) in [5.41, 5.74) is 1.86. The zero-order valence-corrected chi connectivity index (χ0v) is 17.0. The van der Waals surface area contributed by atoms with Crippen LogP contribution >= 0.6 is 11.3 Å². The van der Waals surface area contributed by atoms with Gasteiger partial charge in [0.05, 0.1) is 6.54 Å². The molecule has 1 unspecified atom stereocenters. The number of hydrogen-bond acceptors (Lipinski definition) is 5. The van der Waals surface area contributed by atoms with E-state index >= 15 is 0 Å². The predicted molar refractivity (Wildman–Crippen MR) is 107 cm³/mol. The van der Waals surface area contributed by atoms with Gasteiger partial charge in [-0.2, -0.15) is 0 Å². The smallest absolute Gasteiger partial charge is 0.131 e. The molecule has 2 aliphatic rings. The van der Waals surface area contributed by atoms with Gasteiger partial charge >= 0.3 is 0 Å². The van der Waals surface area contributed by atoms with Crippen molar-refractivity contribution in [3.05, 3.63) is 45.9 Å². The molecule has 1 aromatic heterocycles.